The summed E-state index contributed by atoms with van der Waals surface area (Å²) in [6, 6.07) is 12.8. The second-order valence-electron chi connectivity index (χ2n) is 4.79. The van der Waals surface area contributed by atoms with Crippen molar-refractivity contribution < 1.29 is 9.13 Å². The van der Waals surface area contributed by atoms with Crippen LogP contribution in [-0.2, 0) is 6.42 Å². The van der Waals surface area contributed by atoms with E-state index in [1.54, 1.807) is 13.2 Å². The number of nitrogens with one attached hydrogen (secondary N) is 1. The number of hydrogen-bond acceptors (Lipinski definition) is 2. The first-order valence-electron chi connectivity index (χ1n) is 6.96. The summed E-state index contributed by atoms with van der Waals surface area (Å²) in [7, 11) is 1.65. The Balaban J connectivity index is 2.33. The zero-order chi connectivity index (χ0) is 15.2. The third-order valence-corrected chi connectivity index (χ3v) is 3.90. The van der Waals surface area contributed by atoms with E-state index in [4.69, 9.17) is 4.74 Å². The molecule has 2 aromatic rings. The van der Waals surface area contributed by atoms with Crippen LogP contribution in [0.25, 0.3) is 0 Å². The van der Waals surface area contributed by atoms with Crippen LogP contribution in [0.15, 0.2) is 46.9 Å². The highest BCUT2D eigenvalue weighted by Crippen LogP contribution is 2.31. The Labute approximate surface area is 133 Å². The van der Waals surface area contributed by atoms with E-state index in [0.29, 0.717) is 12.0 Å². The van der Waals surface area contributed by atoms with Crippen LogP contribution < -0.4 is 10.1 Å². The Morgan fingerprint density at radius 2 is 2.00 bits per heavy atom. The van der Waals surface area contributed by atoms with Gasteiger partial charge in [0.2, 0.25) is 0 Å². The van der Waals surface area contributed by atoms with Gasteiger partial charge in [0.05, 0.1) is 7.11 Å². The lowest BCUT2D eigenvalue weighted by Gasteiger charge is -2.21. The molecule has 1 N–H and O–H groups in total. The highest BCUT2D eigenvalue weighted by Gasteiger charge is 2.17. The number of hydrogen-bond donors (Lipinski definition) is 1. The Hall–Kier alpha value is -1.39. The normalized spacial score (nSPS) is 12.2. The van der Waals surface area contributed by atoms with E-state index < -0.39 is 0 Å². The van der Waals surface area contributed by atoms with Gasteiger partial charge in [-0.25, -0.2) is 4.39 Å². The topological polar surface area (TPSA) is 21.3 Å². The number of likely N-dealkylation sites (N-methyl/N-ethyl adjacent to an activating group) is 1. The summed E-state index contributed by atoms with van der Waals surface area (Å²) in [5.41, 5.74) is 1.74. The number of benzene rings is 2. The van der Waals surface area contributed by atoms with Crippen LogP contribution in [0, 0.1) is 5.82 Å². The van der Waals surface area contributed by atoms with E-state index in [0.717, 1.165) is 22.3 Å². The quantitative estimate of drug-likeness (QED) is 0.827. The third-order valence-electron chi connectivity index (χ3n) is 3.40. The monoisotopic (exact) mass is 351 g/mol. The number of rotatable bonds is 6. The minimum absolute atomic E-state index is 0.00921. The predicted molar refractivity (Wildman–Crippen MR) is 87.2 cm³/mol. The molecule has 0 saturated heterocycles. The zero-order valence-corrected chi connectivity index (χ0v) is 13.8. The van der Waals surface area contributed by atoms with Gasteiger partial charge in [0.25, 0.3) is 0 Å². The summed E-state index contributed by atoms with van der Waals surface area (Å²) in [5.74, 6) is 0.628. The first-order valence-corrected chi connectivity index (χ1v) is 7.75. The van der Waals surface area contributed by atoms with Crippen molar-refractivity contribution in [1.29, 1.82) is 0 Å². The van der Waals surface area contributed by atoms with Crippen molar-refractivity contribution in [3.63, 3.8) is 0 Å². The van der Waals surface area contributed by atoms with E-state index >= 15 is 0 Å². The molecule has 0 aromatic heterocycles. The molecule has 0 saturated carbocycles. The van der Waals surface area contributed by atoms with Gasteiger partial charge in [-0.3, -0.25) is 0 Å². The van der Waals surface area contributed by atoms with Gasteiger partial charge in [-0.15, -0.1) is 0 Å². The molecule has 2 nitrogen and oxygen atoms in total. The fraction of sp³-hybridized carbons (Fsp3) is 0.294. The van der Waals surface area contributed by atoms with Crippen molar-refractivity contribution in [2.45, 2.75) is 19.4 Å². The van der Waals surface area contributed by atoms with Crippen molar-refractivity contribution in [1.82, 2.24) is 5.32 Å². The van der Waals surface area contributed by atoms with E-state index in [1.165, 1.54) is 6.07 Å². The van der Waals surface area contributed by atoms with Gasteiger partial charge in [-0.05, 0) is 36.7 Å². The number of ether oxygens (including phenoxy) is 1. The third kappa shape index (κ3) is 4.05. The maximum Gasteiger partial charge on any atom is 0.126 e. The van der Waals surface area contributed by atoms with Gasteiger partial charge in [-0.2, -0.15) is 0 Å². The van der Waals surface area contributed by atoms with Gasteiger partial charge in [0, 0.05) is 16.1 Å². The lowest BCUT2D eigenvalue weighted by molar-refractivity contribution is 0.398. The van der Waals surface area contributed by atoms with Gasteiger partial charge in [0.1, 0.15) is 11.6 Å². The second-order valence-corrected chi connectivity index (χ2v) is 5.71. The van der Waals surface area contributed by atoms with E-state index in [9.17, 15) is 4.39 Å². The van der Waals surface area contributed by atoms with Crippen LogP contribution in [0.5, 0.6) is 5.75 Å². The summed E-state index contributed by atoms with van der Waals surface area (Å²) in [6.07, 6.45) is 0.582. The lowest BCUT2D eigenvalue weighted by Crippen LogP contribution is -2.23. The SMILES string of the molecule is CCNC(Cc1ccccc1F)c1ccc(Br)cc1OC. The predicted octanol–water partition coefficient (Wildman–Crippen LogP) is 4.49. The summed E-state index contributed by atoms with van der Waals surface area (Å²) in [4.78, 5) is 0. The maximum atomic E-state index is 13.9. The largest absolute Gasteiger partial charge is 0.496 e. The smallest absolute Gasteiger partial charge is 0.126 e. The summed E-state index contributed by atoms with van der Waals surface area (Å²) in [5, 5.41) is 3.41. The van der Waals surface area contributed by atoms with Crippen molar-refractivity contribution in [3.8, 4) is 5.75 Å². The van der Waals surface area contributed by atoms with Crippen molar-refractivity contribution >= 4 is 15.9 Å². The van der Waals surface area contributed by atoms with Gasteiger partial charge in [0.15, 0.2) is 0 Å². The first-order chi connectivity index (χ1) is 10.2. The summed E-state index contributed by atoms with van der Waals surface area (Å²) in [6.45, 7) is 2.85. The minimum atomic E-state index is -0.170. The molecular weight excluding hydrogens is 333 g/mol. The molecular formula is C17H19BrFNO. The molecule has 1 unspecified atom stereocenters. The van der Waals surface area contributed by atoms with Crippen molar-refractivity contribution in [3.05, 3.63) is 63.9 Å². The molecule has 1 atom stereocenters. The van der Waals surface area contributed by atoms with E-state index in [-0.39, 0.29) is 11.9 Å². The zero-order valence-electron chi connectivity index (χ0n) is 12.2. The Kier molecular flexibility index (Phi) is 5.76. The van der Waals surface area contributed by atoms with E-state index in [1.807, 2.05) is 37.3 Å². The molecule has 0 amide bonds. The molecule has 0 aliphatic heterocycles. The van der Waals surface area contributed by atoms with Crippen LogP contribution in [0.4, 0.5) is 4.39 Å². The Bertz CT molecular complexity index is 603. The van der Waals surface area contributed by atoms with Crippen LogP contribution in [-0.4, -0.2) is 13.7 Å². The Morgan fingerprint density at radius 1 is 1.24 bits per heavy atom. The van der Waals surface area contributed by atoms with Crippen LogP contribution in [0.1, 0.15) is 24.1 Å². The molecule has 112 valence electrons. The van der Waals surface area contributed by atoms with Crippen LogP contribution in [0.3, 0.4) is 0 Å². The molecule has 4 heteroatoms. The molecule has 21 heavy (non-hydrogen) atoms. The van der Waals surface area contributed by atoms with Gasteiger partial charge >= 0.3 is 0 Å². The van der Waals surface area contributed by atoms with Gasteiger partial charge < -0.3 is 10.1 Å². The number of methoxy groups -OCH3 is 1. The molecule has 0 aliphatic rings. The number of halogens is 2. The molecule has 0 radical (unpaired) electrons. The molecule has 0 aliphatic carbocycles. The minimum Gasteiger partial charge on any atom is -0.496 e. The summed E-state index contributed by atoms with van der Waals surface area (Å²) >= 11 is 3.44. The molecule has 0 fully saturated rings. The highest BCUT2D eigenvalue weighted by atomic mass is 79.9. The summed E-state index contributed by atoms with van der Waals surface area (Å²) < 4.78 is 20.3. The van der Waals surface area contributed by atoms with Crippen molar-refractivity contribution in [2.24, 2.45) is 0 Å². The fourth-order valence-corrected chi connectivity index (χ4v) is 2.74. The molecule has 0 bridgehead atoms. The maximum absolute atomic E-state index is 13.9. The first kappa shape index (κ1) is 16.0. The molecule has 2 rings (SSSR count). The van der Waals surface area contributed by atoms with E-state index in [2.05, 4.69) is 21.2 Å². The second kappa shape index (κ2) is 7.57. The average molecular weight is 352 g/mol. The average Bonchev–Trinajstić information content (AvgIpc) is 2.49. The molecule has 0 heterocycles. The van der Waals surface area contributed by atoms with Crippen LogP contribution in [0.2, 0.25) is 0 Å². The molecule has 0 spiro atoms. The highest BCUT2D eigenvalue weighted by molar-refractivity contribution is 9.10. The van der Waals surface area contributed by atoms with Crippen LogP contribution >= 0.6 is 15.9 Å². The fourth-order valence-electron chi connectivity index (χ4n) is 2.40. The lowest BCUT2D eigenvalue weighted by atomic mass is 9.97. The van der Waals surface area contributed by atoms with Crippen molar-refractivity contribution in [2.75, 3.05) is 13.7 Å². The Morgan fingerprint density at radius 3 is 2.67 bits per heavy atom. The standard InChI is InChI=1S/C17H19BrFNO/c1-3-20-16(10-12-6-4-5-7-15(12)19)14-9-8-13(18)11-17(14)21-2/h4-9,11,16,20H,3,10H2,1-2H3. The van der Waals surface area contributed by atoms with Gasteiger partial charge in [-0.1, -0.05) is 47.1 Å². The molecule has 2 aromatic carbocycles.